The first-order chi connectivity index (χ1) is 8.99. The molecule has 19 heavy (non-hydrogen) atoms. The Morgan fingerprint density at radius 2 is 1.95 bits per heavy atom. The smallest absolute Gasteiger partial charge is 0.261 e. The van der Waals surface area contributed by atoms with Crippen LogP contribution < -0.4 is 17.0 Å². The summed E-state index contributed by atoms with van der Waals surface area (Å²) in [5.41, 5.74) is 10.5. The number of nitrogens with zero attached hydrogens (tertiary/aromatic N) is 2. The maximum Gasteiger partial charge on any atom is 0.261 e. The SMILES string of the molecule is Nc1nc(N)c(C=C2C=CC=CC2=[N+]([O-])[O-])c(=O)[nH]1. The summed E-state index contributed by atoms with van der Waals surface area (Å²) in [6.07, 6.45) is 7.30. The molecule has 1 aromatic heterocycles. The summed E-state index contributed by atoms with van der Waals surface area (Å²) in [5, 5.41) is 21.7. The van der Waals surface area contributed by atoms with E-state index in [9.17, 15) is 15.2 Å². The van der Waals surface area contributed by atoms with Crippen LogP contribution in [0.5, 0.6) is 0 Å². The number of aromatic amines is 1. The molecular formula is C11H10N5O3-. The summed E-state index contributed by atoms with van der Waals surface area (Å²) in [6.45, 7) is 0. The fraction of sp³-hybridized carbons (Fsp3) is 0. The maximum atomic E-state index is 11.7. The Kier molecular flexibility index (Phi) is 3.06. The Hall–Kier alpha value is -3.03. The highest BCUT2D eigenvalue weighted by molar-refractivity contribution is 6.11. The summed E-state index contributed by atoms with van der Waals surface area (Å²) >= 11 is 0. The fourth-order valence-electron chi connectivity index (χ4n) is 1.59. The highest BCUT2D eigenvalue weighted by Gasteiger charge is 2.13. The third-order valence-electron chi connectivity index (χ3n) is 2.44. The molecule has 0 aliphatic heterocycles. The molecule has 1 heterocycles. The van der Waals surface area contributed by atoms with E-state index in [1.807, 2.05) is 0 Å². The van der Waals surface area contributed by atoms with E-state index in [2.05, 4.69) is 9.97 Å². The molecule has 0 spiro atoms. The van der Waals surface area contributed by atoms with E-state index < -0.39 is 10.5 Å². The van der Waals surface area contributed by atoms with Gasteiger partial charge in [-0.1, -0.05) is 12.2 Å². The minimum atomic E-state index is -0.553. The lowest BCUT2D eigenvalue weighted by atomic mass is 10.0. The van der Waals surface area contributed by atoms with Crippen LogP contribution in [0, 0.1) is 10.4 Å². The average molecular weight is 260 g/mol. The minimum absolute atomic E-state index is 0.0310. The highest BCUT2D eigenvalue weighted by Crippen LogP contribution is 2.14. The summed E-state index contributed by atoms with van der Waals surface area (Å²) in [6, 6.07) is 0. The van der Waals surface area contributed by atoms with Gasteiger partial charge in [-0.15, -0.1) is 0 Å². The van der Waals surface area contributed by atoms with Crippen LogP contribution in [0.15, 0.2) is 34.7 Å². The average Bonchev–Trinajstić information content (AvgIpc) is 2.34. The number of nitrogens with one attached hydrogen (secondary N) is 1. The molecule has 0 saturated carbocycles. The van der Waals surface area contributed by atoms with Crippen LogP contribution >= 0.6 is 0 Å². The molecule has 1 aromatic rings. The van der Waals surface area contributed by atoms with Crippen LogP contribution in [0.2, 0.25) is 0 Å². The van der Waals surface area contributed by atoms with Crippen LogP contribution in [-0.4, -0.2) is 20.6 Å². The van der Waals surface area contributed by atoms with Gasteiger partial charge in [-0.3, -0.25) is 9.78 Å². The molecule has 2 rings (SSSR count). The number of nitrogens with two attached hydrogens (primary N) is 2. The zero-order chi connectivity index (χ0) is 14.0. The van der Waals surface area contributed by atoms with Gasteiger partial charge in [0.05, 0.1) is 5.56 Å². The first kappa shape index (κ1) is 12.4. The molecule has 8 heteroatoms. The van der Waals surface area contributed by atoms with Gasteiger partial charge < -0.3 is 21.9 Å². The zero-order valence-corrected chi connectivity index (χ0v) is 9.66. The largest absolute Gasteiger partial charge is 0.612 e. The number of H-pyrrole nitrogens is 1. The third-order valence-corrected chi connectivity index (χ3v) is 2.44. The molecule has 0 fully saturated rings. The van der Waals surface area contributed by atoms with Gasteiger partial charge in [0.15, 0.2) is 0 Å². The summed E-state index contributed by atoms with van der Waals surface area (Å²) in [7, 11) is 0. The molecular weight excluding hydrogens is 250 g/mol. The second-order valence-electron chi connectivity index (χ2n) is 3.71. The number of hydrogen-bond donors (Lipinski definition) is 3. The quantitative estimate of drug-likeness (QED) is 0.474. The molecule has 8 nitrogen and oxygen atoms in total. The number of aromatic nitrogens is 2. The molecule has 1 aliphatic rings. The van der Waals surface area contributed by atoms with E-state index in [4.69, 9.17) is 11.5 Å². The van der Waals surface area contributed by atoms with Crippen molar-refractivity contribution in [3.05, 3.63) is 56.2 Å². The monoisotopic (exact) mass is 260 g/mol. The van der Waals surface area contributed by atoms with Gasteiger partial charge in [-0.25, -0.2) is 0 Å². The topological polar surface area (TPSA) is 147 Å². The van der Waals surface area contributed by atoms with Gasteiger partial charge in [0, 0.05) is 11.6 Å². The van der Waals surface area contributed by atoms with Crippen molar-refractivity contribution >= 4 is 23.6 Å². The number of hydrogen-bond acceptors (Lipinski definition) is 6. The van der Waals surface area contributed by atoms with Crippen molar-refractivity contribution in [1.82, 2.24) is 9.97 Å². The molecule has 0 saturated heterocycles. The lowest BCUT2D eigenvalue weighted by Crippen LogP contribution is -2.18. The second-order valence-corrected chi connectivity index (χ2v) is 3.71. The van der Waals surface area contributed by atoms with Gasteiger partial charge in [-0.2, -0.15) is 9.89 Å². The summed E-state index contributed by atoms with van der Waals surface area (Å²) < 4.78 is 0. The predicted molar refractivity (Wildman–Crippen MR) is 71.9 cm³/mol. The molecule has 0 atom stereocenters. The van der Waals surface area contributed by atoms with Crippen molar-refractivity contribution in [2.24, 2.45) is 0 Å². The Balaban J connectivity index is 2.59. The molecule has 98 valence electrons. The molecule has 0 bridgehead atoms. The summed E-state index contributed by atoms with van der Waals surface area (Å²) in [4.78, 5) is 17.1. The maximum absolute atomic E-state index is 11.7. The van der Waals surface area contributed by atoms with Gasteiger partial charge in [0.25, 0.3) is 5.56 Å². The van der Waals surface area contributed by atoms with Crippen molar-refractivity contribution in [1.29, 1.82) is 0 Å². The van der Waals surface area contributed by atoms with E-state index in [0.29, 0.717) is 0 Å². The standard InChI is InChI=1S/C11H10N5O3/c12-9-7(10(17)15-11(13)14-9)5-6-3-1-2-4-8(6)16(18)19/h1-5H,(H5-,12,13,14,15,17,18,19)/q-1. The fourth-order valence-corrected chi connectivity index (χ4v) is 1.59. The Bertz CT molecular complexity index is 693. The van der Waals surface area contributed by atoms with Crippen molar-refractivity contribution in [3.63, 3.8) is 0 Å². The lowest BCUT2D eigenvalue weighted by molar-refractivity contribution is -0.377. The van der Waals surface area contributed by atoms with E-state index in [1.54, 1.807) is 6.08 Å². The number of nitrogen functional groups attached to an aromatic ring is 2. The first-order valence-corrected chi connectivity index (χ1v) is 5.22. The van der Waals surface area contributed by atoms with E-state index in [-0.39, 0.29) is 28.6 Å². The van der Waals surface area contributed by atoms with E-state index in [1.165, 1.54) is 24.3 Å². The normalized spacial score (nSPS) is 16.0. The predicted octanol–water partition coefficient (Wildman–Crippen LogP) is -0.107. The lowest BCUT2D eigenvalue weighted by Gasteiger charge is -2.11. The van der Waals surface area contributed by atoms with Crippen LogP contribution in [0.4, 0.5) is 11.8 Å². The molecule has 0 unspecified atom stereocenters. The van der Waals surface area contributed by atoms with Crippen LogP contribution in [0.3, 0.4) is 0 Å². The number of rotatable bonds is 1. The Morgan fingerprint density at radius 3 is 2.58 bits per heavy atom. The Labute approximate surface area is 107 Å². The van der Waals surface area contributed by atoms with Crippen molar-refractivity contribution in [2.75, 3.05) is 11.5 Å². The third kappa shape index (κ3) is 2.46. The Morgan fingerprint density at radius 1 is 1.26 bits per heavy atom. The van der Waals surface area contributed by atoms with Crippen LogP contribution in [0.1, 0.15) is 5.56 Å². The van der Waals surface area contributed by atoms with E-state index in [0.717, 1.165) is 0 Å². The van der Waals surface area contributed by atoms with Gasteiger partial charge in [0.1, 0.15) is 5.82 Å². The highest BCUT2D eigenvalue weighted by atomic mass is 16.8. The van der Waals surface area contributed by atoms with Crippen molar-refractivity contribution in [2.45, 2.75) is 0 Å². The molecule has 5 N–H and O–H groups in total. The van der Waals surface area contributed by atoms with Crippen LogP contribution in [-0.2, 0) is 0 Å². The molecule has 0 radical (unpaired) electrons. The molecule has 0 aromatic carbocycles. The van der Waals surface area contributed by atoms with Crippen LogP contribution in [0.25, 0.3) is 6.08 Å². The van der Waals surface area contributed by atoms with Crippen molar-refractivity contribution in [3.8, 4) is 0 Å². The van der Waals surface area contributed by atoms with Gasteiger partial charge in [0.2, 0.25) is 11.7 Å². The number of anilines is 2. The zero-order valence-electron chi connectivity index (χ0n) is 9.66. The van der Waals surface area contributed by atoms with Gasteiger partial charge in [-0.05, 0) is 12.2 Å². The number of allylic oxidation sites excluding steroid dienone is 5. The molecule has 0 amide bonds. The van der Waals surface area contributed by atoms with Gasteiger partial charge >= 0.3 is 0 Å². The van der Waals surface area contributed by atoms with E-state index >= 15 is 0 Å². The molecule has 1 aliphatic carbocycles. The first-order valence-electron chi connectivity index (χ1n) is 5.22. The summed E-state index contributed by atoms with van der Waals surface area (Å²) in [5.74, 6) is -0.193. The van der Waals surface area contributed by atoms with Crippen molar-refractivity contribution < 1.29 is 4.90 Å². The second kappa shape index (κ2) is 4.69. The minimum Gasteiger partial charge on any atom is -0.612 e.